The highest BCUT2D eigenvalue weighted by Gasteiger charge is 2.21. The molecule has 5 heteroatoms. The van der Waals surface area contributed by atoms with Crippen LogP contribution in [0.2, 0.25) is 5.02 Å². The molecular formula is C23H25ClN2O2. The lowest BCUT2D eigenvalue weighted by Crippen LogP contribution is -2.28. The molecule has 0 spiro atoms. The van der Waals surface area contributed by atoms with Gasteiger partial charge in [-0.2, -0.15) is 0 Å². The molecule has 0 radical (unpaired) electrons. The fourth-order valence-electron chi connectivity index (χ4n) is 3.46. The Labute approximate surface area is 169 Å². The number of hydrogen-bond donors (Lipinski definition) is 2. The Hall–Kier alpha value is -2.59. The quantitative estimate of drug-likeness (QED) is 0.602. The first-order valence-electron chi connectivity index (χ1n) is 9.50. The zero-order valence-electron chi connectivity index (χ0n) is 16.4. The third kappa shape index (κ3) is 4.28. The number of amides is 1. The van der Waals surface area contributed by atoms with Gasteiger partial charge >= 0.3 is 0 Å². The number of fused-ring (bicyclic) bond motifs is 1. The first-order chi connectivity index (χ1) is 13.3. The molecule has 1 aromatic heterocycles. The van der Waals surface area contributed by atoms with E-state index in [1.165, 1.54) is 6.20 Å². The number of rotatable bonds is 6. The van der Waals surface area contributed by atoms with E-state index in [4.69, 9.17) is 11.6 Å². The summed E-state index contributed by atoms with van der Waals surface area (Å²) in [7, 11) is 0. The number of carbonyl (C=O) groups excluding carboxylic acids is 1. The number of pyridine rings is 1. The maximum absolute atomic E-state index is 13.0. The monoisotopic (exact) mass is 396 g/mol. The summed E-state index contributed by atoms with van der Waals surface area (Å²) in [5, 5.41) is 3.99. The van der Waals surface area contributed by atoms with Gasteiger partial charge in [0.1, 0.15) is 5.56 Å². The summed E-state index contributed by atoms with van der Waals surface area (Å²) in [6.45, 7) is 6.83. The summed E-state index contributed by atoms with van der Waals surface area (Å²) in [4.78, 5) is 28.6. The lowest BCUT2D eigenvalue weighted by Gasteiger charge is -2.25. The van der Waals surface area contributed by atoms with Crippen molar-refractivity contribution >= 4 is 28.4 Å². The van der Waals surface area contributed by atoms with Crippen LogP contribution in [0, 0.1) is 0 Å². The summed E-state index contributed by atoms with van der Waals surface area (Å²) in [6, 6.07) is 13.1. The second-order valence-electron chi connectivity index (χ2n) is 7.73. The van der Waals surface area contributed by atoms with Crippen LogP contribution in [-0.2, 0) is 12.0 Å². The van der Waals surface area contributed by atoms with Gasteiger partial charge in [-0.25, -0.2) is 0 Å². The number of hydrogen-bond acceptors (Lipinski definition) is 2. The van der Waals surface area contributed by atoms with Crippen LogP contribution in [-0.4, -0.2) is 10.9 Å². The normalized spacial score (nSPS) is 11.6. The van der Waals surface area contributed by atoms with Crippen molar-refractivity contribution in [3.05, 3.63) is 80.6 Å². The fourth-order valence-corrected chi connectivity index (χ4v) is 3.58. The summed E-state index contributed by atoms with van der Waals surface area (Å²) in [6.07, 6.45) is 3.57. The molecule has 1 heterocycles. The molecule has 0 fully saturated rings. The van der Waals surface area contributed by atoms with Gasteiger partial charge in [-0.3, -0.25) is 9.59 Å². The van der Waals surface area contributed by atoms with E-state index in [0.717, 1.165) is 29.5 Å². The zero-order chi connectivity index (χ0) is 20.3. The number of nitrogens with one attached hydrogen (secondary N) is 2. The Morgan fingerprint density at radius 2 is 1.86 bits per heavy atom. The van der Waals surface area contributed by atoms with E-state index in [-0.39, 0.29) is 16.4 Å². The van der Waals surface area contributed by atoms with Crippen molar-refractivity contribution in [2.75, 3.05) is 0 Å². The van der Waals surface area contributed by atoms with Crippen LogP contribution < -0.4 is 10.7 Å². The largest absolute Gasteiger partial charge is 0.360 e. The molecule has 2 N–H and O–H groups in total. The lowest BCUT2D eigenvalue weighted by atomic mass is 9.80. The molecule has 146 valence electrons. The minimum absolute atomic E-state index is 0.0256. The van der Waals surface area contributed by atoms with Crippen molar-refractivity contribution in [1.29, 1.82) is 0 Å². The van der Waals surface area contributed by atoms with Gasteiger partial charge in [0, 0.05) is 28.7 Å². The van der Waals surface area contributed by atoms with Crippen LogP contribution >= 0.6 is 11.6 Å². The Balaban J connectivity index is 1.88. The standard InChI is InChI=1S/C23H25ClN2O2/c1-4-11-23(2,3)16-7-10-20-18(12-16)21(27)19(14-25-20)22(28)26-13-15-5-8-17(24)9-6-15/h5-10,12,14H,4,11,13H2,1-3H3,(H,25,27)(H,26,28). The van der Waals surface area contributed by atoms with Crippen LogP contribution in [0.1, 0.15) is 55.1 Å². The predicted octanol–water partition coefficient (Wildman–Crippen LogP) is 5.19. The summed E-state index contributed by atoms with van der Waals surface area (Å²) >= 11 is 5.88. The maximum Gasteiger partial charge on any atom is 0.257 e. The minimum Gasteiger partial charge on any atom is -0.360 e. The highest BCUT2D eigenvalue weighted by molar-refractivity contribution is 6.30. The number of carbonyl (C=O) groups is 1. The molecule has 0 saturated carbocycles. The number of aromatic nitrogens is 1. The number of halogens is 1. The van der Waals surface area contributed by atoms with E-state index in [1.807, 2.05) is 30.3 Å². The summed E-state index contributed by atoms with van der Waals surface area (Å²) in [5.41, 5.74) is 2.59. The number of benzene rings is 2. The third-order valence-corrected chi connectivity index (χ3v) is 5.40. The van der Waals surface area contributed by atoms with E-state index >= 15 is 0 Å². The van der Waals surface area contributed by atoms with Gasteiger partial charge in [0.15, 0.2) is 0 Å². The molecule has 0 bridgehead atoms. The highest BCUT2D eigenvalue weighted by Crippen LogP contribution is 2.29. The Morgan fingerprint density at radius 1 is 1.14 bits per heavy atom. The molecular weight excluding hydrogens is 372 g/mol. The Morgan fingerprint density at radius 3 is 2.54 bits per heavy atom. The minimum atomic E-state index is -0.392. The van der Waals surface area contributed by atoms with Crippen LogP contribution in [0.15, 0.2) is 53.5 Å². The van der Waals surface area contributed by atoms with E-state index in [2.05, 4.69) is 31.1 Å². The average Bonchev–Trinajstić information content (AvgIpc) is 2.67. The molecule has 0 aliphatic carbocycles. The first kappa shape index (κ1) is 20.2. The molecule has 4 nitrogen and oxygen atoms in total. The predicted molar refractivity (Wildman–Crippen MR) is 115 cm³/mol. The lowest BCUT2D eigenvalue weighted by molar-refractivity contribution is 0.0949. The maximum atomic E-state index is 13.0. The summed E-state index contributed by atoms with van der Waals surface area (Å²) in [5.74, 6) is -0.392. The van der Waals surface area contributed by atoms with Gasteiger partial charge in [-0.15, -0.1) is 0 Å². The second kappa shape index (κ2) is 8.19. The molecule has 2 aromatic carbocycles. The van der Waals surface area contributed by atoms with Crippen molar-refractivity contribution in [1.82, 2.24) is 10.3 Å². The van der Waals surface area contributed by atoms with Gasteiger partial charge in [-0.1, -0.05) is 57.0 Å². The summed E-state index contributed by atoms with van der Waals surface area (Å²) < 4.78 is 0. The van der Waals surface area contributed by atoms with E-state index < -0.39 is 5.91 Å². The topological polar surface area (TPSA) is 62.0 Å². The van der Waals surface area contributed by atoms with Crippen LogP contribution in [0.4, 0.5) is 0 Å². The van der Waals surface area contributed by atoms with Crippen molar-refractivity contribution in [3.63, 3.8) is 0 Å². The van der Waals surface area contributed by atoms with E-state index in [1.54, 1.807) is 12.1 Å². The van der Waals surface area contributed by atoms with Gasteiger partial charge in [0.25, 0.3) is 5.91 Å². The Bertz CT molecular complexity index is 1050. The molecule has 0 saturated heterocycles. The average molecular weight is 397 g/mol. The molecule has 0 atom stereocenters. The van der Waals surface area contributed by atoms with Gasteiger partial charge in [0.05, 0.1) is 0 Å². The van der Waals surface area contributed by atoms with Crippen LogP contribution in [0.5, 0.6) is 0 Å². The van der Waals surface area contributed by atoms with Crippen molar-refractivity contribution in [3.8, 4) is 0 Å². The van der Waals surface area contributed by atoms with Gasteiger partial charge < -0.3 is 10.3 Å². The Kier molecular flexibility index (Phi) is 5.90. The number of H-pyrrole nitrogens is 1. The zero-order valence-corrected chi connectivity index (χ0v) is 17.2. The fraction of sp³-hybridized carbons (Fsp3) is 0.304. The molecule has 3 aromatic rings. The molecule has 0 aliphatic rings. The molecule has 3 rings (SSSR count). The number of aromatic amines is 1. The van der Waals surface area contributed by atoms with Crippen molar-refractivity contribution < 1.29 is 4.79 Å². The van der Waals surface area contributed by atoms with Gasteiger partial charge in [0.2, 0.25) is 5.43 Å². The third-order valence-electron chi connectivity index (χ3n) is 5.15. The smallest absolute Gasteiger partial charge is 0.257 e. The highest BCUT2D eigenvalue weighted by atomic mass is 35.5. The molecule has 28 heavy (non-hydrogen) atoms. The molecule has 1 amide bonds. The molecule has 0 unspecified atom stereocenters. The van der Waals surface area contributed by atoms with Crippen LogP contribution in [0.25, 0.3) is 10.9 Å². The second-order valence-corrected chi connectivity index (χ2v) is 8.17. The van der Waals surface area contributed by atoms with E-state index in [0.29, 0.717) is 17.0 Å². The van der Waals surface area contributed by atoms with E-state index in [9.17, 15) is 9.59 Å². The first-order valence-corrected chi connectivity index (χ1v) is 9.88. The van der Waals surface area contributed by atoms with Gasteiger partial charge in [-0.05, 0) is 47.2 Å². The molecule has 0 aliphatic heterocycles. The SMILES string of the molecule is CCCC(C)(C)c1ccc2[nH]cc(C(=O)NCc3ccc(Cl)cc3)c(=O)c2c1. The van der Waals surface area contributed by atoms with Crippen LogP contribution in [0.3, 0.4) is 0 Å². The van der Waals surface area contributed by atoms with Crippen molar-refractivity contribution in [2.24, 2.45) is 0 Å². The van der Waals surface area contributed by atoms with Crippen molar-refractivity contribution in [2.45, 2.75) is 45.6 Å².